The number of aromatic nitrogens is 2. The monoisotopic (exact) mass is 302 g/mol. The lowest BCUT2D eigenvalue weighted by molar-refractivity contribution is 0.120. The van der Waals surface area contributed by atoms with Crippen molar-refractivity contribution in [3.8, 4) is 0 Å². The van der Waals surface area contributed by atoms with Crippen molar-refractivity contribution in [2.24, 2.45) is 0 Å². The van der Waals surface area contributed by atoms with Gasteiger partial charge in [0.25, 0.3) is 0 Å². The Bertz CT molecular complexity index is 617. The van der Waals surface area contributed by atoms with Gasteiger partial charge in [-0.2, -0.15) is 4.98 Å². The zero-order chi connectivity index (χ0) is 15.2. The van der Waals surface area contributed by atoms with Crippen LogP contribution in [0.15, 0.2) is 36.5 Å². The summed E-state index contributed by atoms with van der Waals surface area (Å²) in [5.74, 6) is 0.989. The van der Waals surface area contributed by atoms with Crippen LogP contribution in [0.25, 0.3) is 0 Å². The van der Waals surface area contributed by atoms with Crippen molar-refractivity contribution in [2.45, 2.75) is 25.5 Å². The molecule has 2 heterocycles. The summed E-state index contributed by atoms with van der Waals surface area (Å²) in [7, 11) is 0. The Kier molecular flexibility index (Phi) is 4.80. The SMILES string of the molecule is Fc1ccccc1CNc1ccnc(NCC2CCCO2)n1. The molecule has 22 heavy (non-hydrogen) atoms. The van der Waals surface area contributed by atoms with E-state index in [0.29, 0.717) is 30.4 Å². The maximum Gasteiger partial charge on any atom is 0.224 e. The van der Waals surface area contributed by atoms with Crippen LogP contribution >= 0.6 is 0 Å². The van der Waals surface area contributed by atoms with E-state index in [1.54, 1.807) is 24.4 Å². The zero-order valence-electron chi connectivity index (χ0n) is 12.3. The predicted octanol–water partition coefficient (Wildman–Crippen LogP) is 2.82. The van der Waals surface area contributed by atoms with E-state index in [0.717, 1.165) is 19.4 Å². The third-order valence-electron chi connectivity index (χ3n) is 3.59. The van der Waals surface area contributed by atoms with Gasteiger partial charge < -0.3 is 15.4 Å². The van der Waals surface area contributed by atoms with E-state index in [1.165, 1.54) is 6.07 Å². The summed E-state index contributed by atoms with van der Waals surface area (Å²) < 4.78 is 19.1. The second-order valence-electron chi connectivity index (χ2n) is 5.23. The number of benzene rings is 1. The molecular weight excluding hydrogens is 283 g/mol. The minimum atomic E-state index is -0.221. The van der Waals surface area contributed by atoms with Crippen molar-refractivity contribution in [1.29, 1.82) is 0 Å². The van der Waals surface area contributed by atoms with E-state index in [4.69, 9.17) is 4.74 Å². The van der Waals surface area contributed by atoms with Crippen LogP contribution in [-0.4, -0.2) is 29.2 Å². The molecule has 116 valence electrons. The molecular formula is C16H19FN4O. The van der Waals surface area contributed by atoms with Crippen molar-refractivity contribution < 1.29 is 9.13 Å². The molecule has 0 radical (unpaired) electrons. The molecule has 1 aliphatic rings. The van der Waals surface area contributed by atoms with Crippen molar-refractivity contribution >= 4 is 11.8 Å². The Labute approximate surface area is 128 Å². The molecule has 1 unspecified atom stereocenters. The molecule has 2 aromatic rings. The molecule has 0 amide bonds. The molecule has 1 atom stereocenters. The van der Waals surface area contributed by atoms with Crippen molar-refractivity contribution in [3.63, 3.8) is 0 Å². The molecule has 2 N–H and O–H groups in total. The minimum absolute atomic E-state index is 0.221. The van der Waals surface area contributed by atoms with Crippen LogP contribution in [0.1, 0.15) is 18.4 Å². The fraction of sp³-hybridized carbons (Fsp3) is 0.375. The van der Waals surface area contributed by atoms with Gasteiger partial charge >= 0.3 is 0 Å². The molecule has 1 fully saturated rings. The predicted molar refractivity (Wildman–Crippen MR) is 83.2 cm³/mol. The third kappa shape index (κ3) is 3.92. The second kappa shape index (κ2) is 7.17. The first-order valence-electron chi connectivity index (χ1n) is 7.47. The number of nitrogens with zero attached hydrogens (tertiary/aromatic N) is 2. The first-order chi connectivity index (χ1) is 10.8. The number of anilines is 2. The van der Waals surface area contributed by atoms with Crippen molar-refractivity contribution in [1.82, 2.24) is 9.97 Å². The zero-order valence-corrected chi connectivity index (χ0v) is 12.3. The quantitative estimate of drug-likeness (QED) is 0.859. The molecule has 1 aromatic carbocycles. The van der Waals surface area contributed by atoms with Crippen molar-refractivity contribution in [2.75, 3.05) is 23.8 Å². The Balaban J connectivity index is 1.55. The summed E-state index contributed by atoms with van der Waals surface area (Å²) in [5.41, 5.74) is 0.606. The maximum atomic E-state index is 13.6. The third-order valence-corrected chi connectivity index (χ3v) is 3.59. The highest BCUT2D eigenvalue weighted by molar-refractivity contribution is 5.40. The molecule has 1 saturated heterocycles. The molecule has 5 nitrogen and oxygen atoms in total. The lowest BCUT2D eigenvalue weighted by Crippen LogP contribution is -2.19. The van der Waals surface area contributed by atoms with Gasteiger partial charge in [0.2, 0.25) is 5.95 Å². The Hall–Kier alpha value is -2.21. The summed E-state index contributed by atoms with van der Waals surface area (Å²) in [6.07, 6.45) is 4.09. The average molecular weight is 302 g/mol. The van der Waals surface area contributed by atoms with Gasteiger partial charge in [-0.1, -0.05) is 18.2 Å². The highest BCUT2D eigenvalue weighted by atomic mass is 19.1. The lowest BCUT2D eigenvalue weighted by atomic mass is 10.2. The van der Waals surface area contributed by atoms with Crippen LogP contribution in [0, 0.1) is 5.82 Å². The number of halogens is 1. The summed E-state index contributed by atoms with van der Waals surface area (Å²) in [6, 6.07) is 8.45. The van der Waals surface area contributed by atoms with E-state index in [1.807, 2.05) is 6.07 Å². The van der Waals surface area contributed by atoms with Gasteiger partial charge in [0.15, 0.2) is 0 Å². The van der Waals surface area contributed by atoms with Crippen LogP contribution < -0.4 is 10.6 Å². The summed E-state index contributed by atoms with van der Waals surface area (Å²) in [4.78, 5) is 8.55. The van der Waals surface area contributed by atoms with Crippen molar-refractivity contribution in [3.05, 3.63) is 47.9 Å². The highest BCUT2D eigenvalue weighted by Gasteiger charge is 2.15. The fourth-order valence-electron chi connectivity index (χ4n) is 2.38. The molecule has 0 spiro atoms. The van der Waals surface area contributed by atoms with Gasteiger partial charge in [-0.3, -0.25) is 0 Å². The molecule has 3 rings (SSSR count). The Morgan fingerprint density at radius 1 is 1.23 bits per heavy atom. The van der Waals surface area contributed by atoms with Gasteiger partial charge in [-0.25, -0.2) is 9.37 Å². The lowest BCUT2D eigenvalue weighted by Gasteiger charge is -2.12. The van der Waals surface area contributed by atoms with Crippen LogP contribution in [0.2, 0.25) is 0 Å². The van der Waals surface area contributed by atoms with Gasteiger partial charge in [0.05, 0.1) is 6.10 Å². The van der Waals surface area contributed by atoms with Gasteiger partial charge in [0.1, 0.15) is 11.6 Å². The van der Waals surface area contributed by atoms with Gasteiger partial charge in [-0.05, 0) is 25.0 Å². The van der Waals surface area contributed by atoms with Gasteiger partial charge in [-0.15, -0.1) is 0 Å². The number of rotatable bonds is 6. The van der Waals surface area contributed by atoms with Crippen LogP contribution in [0.5, 0.6) is 0 Å². The summed E-state index contributed by atoms with van der Waals surface area (Å²) in [5, 5.41) is 6.28. The smallest absolute Gasteiger partial charge is 0.224 e. The van der Waals surface area contributed by atoms with E-state index < -0.39 is 0 Å². The summed E-state index contributed by atoms with van der Waals surface area (Å²) in [6.45, 7) is 1.92. The molecule has 1 aliphatic heterocycles. The highest BCUT2D eigenvalue weighted by Crippen LogP contribution is 2.14. The van der Waals surface area contributed by atoms with Crippen LogP contribution in [0.3, 0.4) is 0 Å². The van der Waals surface area contributed by atoms with E-state index in [-0.39, 0.29) is 11.9 Å². The summed E-state index contributed by atoms with van der Waals surface area (Å²) >= 11 is 0. The standard InChI is InChI=1S/C16H19FN4O/c17-14-6-2-1-4-12(14)10-19-15-7-8-18-16(21-15)20-11-13-5-3-9-22-13/h1-2,4,6-8,13H,3,5,9-11H2,(H2,18,19,20,21). The van der Waals surface area contributed by atoms with E-state index in [2.05, 4.69) is 20.6 Å². The normalized spacial score (nSPS) is 17.4. The fourth-order valence-corrected chi connectivity index (χ4v) is 2.38. The average Bonchev–Trinajstić information content (AvgIpc) is 3.06. The molecule has 0 bridgehead atoms. The van der Waals surface area contributed by atoms with E-state index in [9.17, 15) is 4.39 Å². The Morgan fingerprint density at radius 2 is 2.14 bits per heavy atom. The first-order valence-corrected chi connectivity index (χ1v) is 7.47. The van der Waals surface area contributed by atoms with E-state index >= 15 is 0 Å². The molecule has 0 saturated carbocycles. The number of hydrogen-bond acceptors (Lipinski definition) is 5. The topological polar surface area (TPSA) is 59.1 Å². The number of ether oxygens (including phenoxy) is 1. The second-order valence-corrected chi connectivity index (χ2v) is 5.23. The Morgan fingerprint density at radius 3 is 2.95 bits per heavy atom. The number of nitrogens with one attached hydrogen (secondary N) is 2. The molecule has 0 aliphatic carbocycles. The number of hydrogen-bond donors (Lipinski definition) is 2. The molecule has 6 heteroatoms. The maximum absolute atomic E-state index is 13.6. The van der Waals surface area contributed by atoms with Gasteiger partial charge in [0, 0.05) is 31.5 Å². The largest absolute Gasteiger partial charge is 0.376 e. The molecule has 1 aromatic heterocycles. The first kappa shape index (κ1) is 14.7. The van der Waals surface area contributed by atoms with Crippen LogP contribution in [0.4, 0.5) is 16.2 Å². The minimum Gasteiger partial charge on any atom is -0.376 e. The van der Waals surface area contributed by atoms with Crippen LogP contribution in [-0.2, 0) is 11.3 Å².